The minimum Gasteiger partial charge on any atom is -0.370 e. The van der Waals surface area contributed by atoms with Gasteiger partial charge in [-0.05, 0) is 0 Å². The number of primary amides is 3. The lowest BCUT2D eigenvalue weighted by atomic mass is 10.3. The Balaban J connectivity index is 0. The first-order chi connectivity index (χ1) is 7.41. The standard InChI is InChI=1S/C9H18N4O3.ClH/c10-7(14)1-4-13(5-2-8(11)15)6-3-9(12)16;/h1-6H2,(H2,10,14)(H2,11,15)(H2,12,16);1H. The molecular weight excluding hydrogens is 248 g/mol. The highest BCUT2D eigenvalue weighted by Gasteiger charge is 2.09. The molecule has 8 heteroatoms. The highest BCUT2D eigenvalue weighted by atomic mass is 35.5. The summed E-state index contributed by atoms with van der Waals surface area (Å²) in [5, 5.41) is 0. The molecule has 0 atom stereocenters. The van der Waals surface area contributed by atoms with E-state index < -0.39 is 17.7 Å². The number of nitrogens with two attached hydrogens (primary N) is 3. The Bertz CT molecular complexity index is 230. The highest BCUT2D eigenvalue weighted by molar-refractivity contribution is 5.85. The summed E-state index contributed by atoms with van der Waals surface area (Å²) in [5.74, 6) is -1.28. The van der Waals surface area contributed by atoms with Crippen LogP contribution < -0.4 is 17.2 Å². The number of carbonyl (C=O) groups excluding carboxylic acids is 3. The molecule has 17 heavy (non-hydrogen) atoms. The van der Waals surface area contributed by atoms with Gasteiger partial charge in [-0.1, -0.05) is 0 Å². The predicted octanol–water partition coefficient (Wildman–Crippen LogP) is -1.66. The topological polar surface area (TPSA) is 133 Å². The van der Waals surface area contributed by atoms with Crippen LogP contribution in [0, 0.1) is 0 Å². The first kappa shape index (κ1) is 18.0. The first-order valence-corrected chi connectivity index (χ1v) is 4.99. The maximum Gasteiger partial charge on any atom is 0.218 e. The molecule has 6 N–H and O–H groups in total. The maximum absolute atomic E-state index is 10.6. The number of halogens is 1. The van der Waals surface area contributed by atoms with Crippen LogP contribution in [0.1, 0.15) is 19.3 Å². The van der Waals surface area contributed by atoms with Crippen molar-refractivity contribution in [3.63, 3.8) is 0 Å². The molecule has 0 aliphatic heterocycles. The van der Waals surface area contributed by atoms with Crippen molar-refractivity contribution in [2.45, 2.75) is 19.3 Å². The van der Waals surface area contributed by atoms with Gasteiger partial charge in [-0.3, -0.25) is 14.4 Å². The fourth-order valence-electron chi connectivity index (χ4n) is 1.14. The minimum atomic E-state index is -0.428. The fraction of sp³-hybridized carbons (Fsp3) is 0.667. The van der Waals surface area contributed by atoms with E-state index in [-0.39, 0.29) is 31.7 Å². The SMILES string of the molecule is Cl.NC(=O)CCN(CCC(N)=O)CCC(N)=O. The molecule has 3 amide bonds. The third-order valence-corrected chi connectivity index (χ3v) is 2.02. The average Bonchev–Trinajstić information content (AvgIpc) is 2.15. The van der Waals surface area contributed by atoms with Gasteiger partial charge >= 0.3 is 0 Å². The smallest absolute Gasteiger partial charge is 0.218 e. The third kappa shape index (κ3) is 12.6. The second-order valence-corrected chi connectivity index (χ2v) is 3.49. The zero-order valence-electron chi connectivity index (χ0n) is 9.55. The van der Waals surface area contributed by atoms with Gasteiger partial charge in [0.1, 0.15) is 0 Å². The summed E-state index contributed by atoms with van der Waals surface area (Å²) < 4.78 is 0. The quantitative estimate of drug-likeness (QED) is 0.460. The number of rotatable bonds is 9. The van der Waals surface area contributed by atoms with Crippen molar-refractivity contribution in [1.82, 2.24) is 4.90 Å². The van der Waals surface area contributed by atoms with E-state index in [1.165, 1.54) is 0 Å². The summed E-state index contributed by atoms with van der Waals surface area (Å²) in [4.78, 5) is 33.5. The molecule has 0 saturated heterocycles. The molecule has 0 aromatic rings. The van der Waals surface area contributed by atoms with E-state index in [0.29, 0.717) is 19.6 Å². The van der Waals surface area contributed by atoms with Crippen LogP contribution >= 0.6 is 12.4 Å². The highest BCUT2D eigenvalue weighted by Crippen LogP contribution is 1.96. The molecule has 0 aromatic heterocycles. The first-order valence-electron chi connectivity index (χ1n) is 4.99. The predicted molar refractivity (Wildman–Crippen MR) is 65.1 cm³/mol. The molecule has 0 unspecified atom stereocenters. The summed E-state index contributed by atoms with van der Waals surface area (Å²) in [5.41, 5.74) is 15.0. The van der Waals surface area contributed by atoms with Crippen molar-refractivity contribution >= 4 is 30.1 Å². The second-order valence-electron chi connectivity index (χ2n) is 3.49. The van der Waals surface area contributed by atoms with Crippen molar-refractivity contribution in [2.75, 3.05) is 19.6 Å². The lowest BCUT2D eigenvalue weighted by Gasteiger charge is -2.20. The van der Waals surface area contributed by atoms with Gasteiger partial charge in [0.15, 0.2) is 0 Å². The van der Waals surface area contributed by atoms with E-state index in [1.54, 1.807) is 4.90 Å². The summed E-state index contributed by atoms with van der Waals surface area (Å²) in [6.45, 7) is 1.20. The lowest BCUT2D eigenvalue weighted by Crippen LogP contribution is -2.34. The molecule has 100 valence electrons. The van der Waals surface area contributed by atoms with Crippen molar-refractivity contribution < 1.29 is 14.4 Å². The Hall–Kier alpha value is -1.34. The van der Waals surface area contributed by atoms with Gasteiger partial charge in [0.2, 0.25) is 17.7 Å². The van der Waals surface area contributed by atoms with Crippen molar-refractivity contribution in [2.24, 2.45) is 17.2 Å². The van der Waals surface area contributed by atoms with E-state index in [1.807, 2.05) is 0 Å². The zero-order valence-corrected chi connectivity index (χ0v) is 10.4. The van der Waals surface area contributed by atoms with Crippen LogP contribution in [0.5, 0.6) is 0 Å². The largest absolute Gasteiger partial charge is 0.370 e. The Labute approximate surface area is 106 Å². The fourth-order valence-corrected chi connectivity index (χ4v) is 1.14. The maximum atomic E-state index is 10.6. The van der Waals surface area contributed by atoms with Crippen LogP contribution in [-0.2, 0) is 14.4 Å². The minimum absolute atomic E-state index is 0. The molecular formula is C9H19ClN4O3. The number of hydrogen-bond acceptors (Lipinski definition) is 4. The number of hydrogen-bond donors (Lipinski definition) is 3. The molecule has 0 aromatic carbocycles. The summed E-state index contributed by atoms with van der Waals surface area (Å²) in [7, 11) is 0. The van der Waals surface area contributed by atoms with Crippen LogP contribution in [0.3, 0.4) is 0 Å². The molecule has 7 nitrogen and oxygen atoms in total. The monoisotopic (exact) mass is 266 g/mol. The summed E-state index contributed by atoms with van der Waals surface area (Å²) in [6.07, 6.45) is 0.534. The molecule has 0 rings (SSSR count). The molecule has 0 heterocycles. The molecule has 0 saturated carbocycles. The normalized spacial score (nSPS) is 9.71. The Morgan fingerprint density at radius 1 is 0.706 bits per heavy atom. The van der Waals surface area contributed by atoms with E-state index in [4.69, 9.17) is 17.2 Å². The van der Waals surface area contributed by atoms with Crippen LogP contribution in [0.15, 0.2) is 0 Å². The Morgan fingerprint density at radius 2 is 0.941 bits per heavy atom. The molecule has 0 aliphatic carbocycles. The molecule has 0 spiro atoms. The van der Waals surface area contributed by atoms with Gasteiger partial charge < -0.3 is 22.1 Å². The summed E-state index contributed by atoms with van der Waals surface area (Å²) >= 11 is 0. The molecule has 0 fully saturated rings. The van der Waals surface area contributed by atoms with E-state index in [0.717, 1.165) is 0 Å². The van der Waals surface area contributed by atoms with E-state index in [9.17, 15) is 14.4 Å². The third-order valence-electron chi connectivity index (χ3n) is 2.02. The molecule has 0 aliphatic rings. The van der Waals surface area contributed by atoms with Gasteiger partial charge in [0.25, 0.3) is 0 Å². The molecule has 0 radical (unpaired) electrons. The average molecular weight is 267 g/mol. The van der Waals surface area contributed by atoms with Crippen molar-refractivity contribution in [3.8, 4) is 0 Å². The summed E-state index contributed by atoms with van der Waals surface area (Å²) in [6, 6.07) is 0. The van der Waals surface area contributed by atoms with Crippen LogP contribution in [0.25, 0.3) is 0 Å². The van der Waals surface area contributed by atoms with E-state index >= 15 is 0 Å². The van der Waals surface area contributed by atoms with Gasteiger partial charge in [-0.15, -0.1) is 12.4 Å². The van der Waals surface area contributed by atoms with Crippen molar-refractivity contribution in [1.29, 1.82) is 0 Å². The van der Waals surface area contributed by atoms with Crippen LogP contribution in [0.4, 0.5) is 0 Å². The molecule has 0 bridgehead atoms. The number of carbonyl (C=O) groups is 3. The van der Waals surface area contributed by atoms with E-state index in [2.05, 4.69) is 0 Å². The second kappa shape index (κ2) is 9.86. The number of nitrogens with zero attached hydrogens (tertiary/aromatic N) is 1. The van der Waals surface area contributed by atoms with Gasteiger partial charge in [0.05, 0.1) is 0 Å². The Morgan fingerprint density at radius 3 is 1.12 bits per heavy atom. The van der Waals surface area contributed by atoms with Gasteiger partial charge in [-0.25, -0.2) is 0 Å². The van der Waals surface area contributed by atoms with Gasteiger partial charge in [0, 0.05) is 38.9 Å². The van der Waals surface area contributed by atoms with Gasteiger partial charge in [-0.2, -0.15) is 0 Å². The lowest BCUT2D eigenvalue weighted by molar-refractivity contribution is -0.118. The van der Waals surface area contributed by atoms with Crippen molar-refractivity contribution in [3.05, 3.63) is 0 Å². The van der Waals surface area contributed by atoms with Crippen LogP contribution in [-0.4, -0.2) is 42.3 Å². The zero-order chi connectivity index (χ0) is 12.6. The Kier molecular flexibility index (Phi) is 10.5. The van der Waals surface area contributed by atoms with Crippen LogP contribution in [0.2, 0.25) is 0 Å². The number of amides is 3.